The van der Waals surface area contributed by atoms with Gasteiger partial charge in [0.15, 0.2) is 17.2 Å². The molecule has 0 unspecified atom stereocenters. The van der Waals surface area contributed by atoms with Gasteiger partial charge < -0.3 is 14.2 Å². The second-order valence-corrected chi connectivity index (χ2v) is 4.37. The summed E-state index contributed by atoms with van der Waals surface area (Å²) in [5.74, 6) is 1.19. The average molecular weight is 251 g/mol. The van der Waals surface area contributed by atoms with Crippen LogP contribution in [0.15, 0.2) is 12.3 Å². The van der Waals surface area contributed by atoms with Crippen LogP contribution < -0.4 is 9.47 Å². The van der Waals surface area contributed by atoms with Crippen LogP contribution in [0, 0.1) is 5.92 Å². The lowest BCUT2D eigenvalue weighted by Gasteiger charge is -2.16. The topological polar surface area (TPSA) is 57.7 Å². The minimum atomic E-state index is -0.491. The van der Waals surface area contributed by atoms with E-state index in [1.165, 1.54) is 39.3 Å². The van der Waals surface area contributed by atoms with Crippen LogP contribution in [0.1, 0.15) is 30.3 Å². The Morgan fingerprint density at radius 2 is 2.11 bits per heavy atom. The van der Waals surface area contributed by atoms with Gasteiger partial charge in [0.1, 0.15) is 0 Å². The monoisotopic (exact) mass is 251 g/mol. The Morgan fingerprint density at radius 1 is 1.39 bits per heavy atom. The van der Waals surface area contributed by atoms with Crippen molar-refractivity contribution >= 4 is 5.97 Å². The zero-order chi connectivity index (χ0) is 13.1. The largest absolute Gasteiger partial charge is 0.493 e. The van der Waals surface area contributed by atoms with E-state index in [0.29, 0.717) is 17.4 Å². The van der Waals surface area contributed by atoms with Crippen molar-refractivity contribution in [2.24, 2.45) is 5.92 Å². The molecule has 1 fully saturated rings. The number of esters is 1. The summed E-state index contributed by atoms with van der Waals surface area (Å²) < 4.78 is 15.6. The third-order valence-corrected chi connectivity index (χ3v) is 3.04. The lowest BCUT2D eigenvalue weighted by Crippen LogP contribution is -2.15. The molecule has 18 heavy (non-hydrogen) atoms. The van der Waals surface area contributed by atoms with E-state index in [9.17, 15) is 4.79 Å². The quantitative estimate of drug-likeness (QED) is 0.750. The molecule has 0 aromatic carbocycles. The van der Waals surface area contributed by atoms with Crippen LogP contribution in [-0.4, -0.2) is 31.3 Å². The zero-order valence-corrected chi connectivity index (χ0v) is 10.8. The number of rotatable bonds is 5. The molecule has 0 bridgehead atoms. The molecular weight excluding hydrogens is 234 g/mol. The first-order valence-corrected chi connectivity index (χ1v) is 5.94. The number of pyridine rings is 1. The van der Waals surface area contributed by atoms with E-state index < -0.39 is 5.97 Å². The maximum absolute atomic E-state index is 11.4. The molecule has 1 atom stereocenters. The van der Waals surface area contributed by atoms with Crippen LogP contribution in [0.3, 0.4) is 0 Å². The highest BCUT2D eigenvalue weighted by molar-refractivity contribution is 5.87. The standard InChI is InChI=1S/C13H17NO4/c1-8(9-4-5-9)18-12-7-14-10(13(15)17-3)6-11(12)16-2/h6-9H,4-5H2,1-3H3/t8-/m1/s1. The Hall–Kier alpha value is -1.78. The summed E-state index contributed by atoms with van der Waals surface area (Å²) in [5.41, 5.74) is 0.209. The fourth-order valence-electron chi connectivity index (χ4n) is 1.75. The lowest BCUT2D eigenvalue weighted by atomic mass is 10.2. The zero-order valence-electron chi connectivity index (χ0n) is 10.8. The second-order valence-electron chi connectivity index (χ2n) is 4.37. The molecule has 0 saturated heterocycles. The highest BCUT2D eigenvalue weighted by atomic mass is 16.5. The van der Waals surface area contributed by atoms with Gasteiger partial charge in [-0.15, -0.1) is 0 Å². The van der Waals surface area contributed by atoms with Gasteiger partial charge in [0, 0.05) is 6.07 Å². The third kappa shape index (κ3) is 2.72. The predicted octanol–water partition coefficient (Wildman–Crippen LogP) is 2.05. The van der Waals surface area contributed by atoms with Crippen molar-refractivity contribution in [2.45, 2.75) is 25.9 Å². The van der Waals surface area contributed by atoms with Crippen molar-refractivity contribution in [1.82, 2.24) is 4.98 Å². The predicted molar refractivity (Wildman–Crippen MR) is 64.9 cm³/mol. The summed E-state index contributed by atoms with van der Waals surface area (Å²) in [5, 5.41) is 0. The Kier molecular flexibility index (Phi) is 3.69. The third-order valence-electron chi connectivity index (χ3n) is 3.04. The summed E-state index contributed by atoms with van der Waals surface area (Å²) in [6.07, 6.45) is 4.06. The number of ether oxygens (including phenoxy) is 3. The van der Waals surface area contributed by atoms with Gasteiger partial charge in [-0.05, 0) is 25.7 Å². The van der Waals surface area contributed by atoms with Crippen molar-refractivity contribution in [3.63, 3.8) is 0 Å². The smallest absolute Gasteiger partial charge is 0.356 e. The van der Waals surface area contributed by atoms with Gasteiger partial charge in [-0.3, -0.25) is 0 Å². The molecule has 98 valence electrons. The number of carbonyl (C=O) groups is 1. The molecule has 5 heteroatoms. The fourth-order valence-corrected chi connectivity index (χ4v) is 1.75. The summed E-state index contributed by atoms with van der Waals surface area (Å²) >= 11 is 0. The molecule has 0 N–H and O–H groups in total. The molecule has 0 radical (unpaired) electrons. The summed E-state index contributed by atoms with van der Waals surface area (Å²) in [4.78, 5) is 15.4. The number of hydrogen-bond acceptors (Lipinski definition) is 5. The Bertz CT molecular complexity index is 443. The molecule has 1 aliphatic carbocycles. The first kappa shape index (κ1) is 12.7. The van der Waals surface area contributed by atoms with Gasteiger partial charge >= 0.3 is 5.97 Å². The Labute approximate surface area is 106 Å². The van der Waals surface area contributed by atoms with Crippen LogP contribution in [-0.2, 0) is 4.74 Å². The number of nitrogens with zero attached hydrogens (tertiary/aromatic N) is 1. The van der Waals surface area contributed by atoms with E-state index in [0.717, 1.165) is 0 Å². The maximum Gasteiger partial charge on any atom is 0.356 e. The Balaban J connectivity index is 2.16. The minimum Gasteiger partial charge on any atom is -0.493 e. The normalized spacial score (nSPS) is 15.9. The van der Waals surface area contributed by atoms with Gasteiger partial charge in [-0.25, -0.2) is 9.78 Å². The molecule has 1 aromatic heterocycles. The fraction of sp³-hybridized carbons (Fsp3) is 0.538. The molecular formula is C13H17NO4. The molecule has 1 aromatic rings. The first-order chi connectivity index (χ1) is 8.65. The van der Waals surface area contributed by atoms with E-state index in [1.54, 1.807) is 0 Å². The summed E-state index contributed by atoms with van der Waals surface area (Å²) in [6.45, 7) is 2.03. The van der Waals surface area contributed by atoms with Crippen LogP contribution in [0.2, 0.25) is 0 Å². The Morgan fingerprint density at radius 3 is 2.67 bits per heavy atom. The first-order valence-electron chi connectivity index (χ1n) is 5.94. The van der Waals surface area contributed by atoms with Crippen molar-refractivity contribution in [2.75, 3.05) is 14.2 Å². The SMILES string of the molecule is COC(=O)c1cc(OC)c(O[C@H](C)C2CC2)cn1. The molecule has 5 nitrogen and oxygen atoms in total. The average Bonchev–Trinajstić information content (AvgIpc) is 3.22. The molecule has 1 aliphatic rings. The second kappa shape index (κ2) is 5.25. The molecule has 1 saturated carbocycles. The van der Waals surface area contributed by atoms with E-state index in [2.05, 4.69) is 9.72 Å². The number of aromatic nitrogens is 1. The van der Waals surface area contributed by atoms with Gasteiger partial charge in [0.2, 0.25) is 0 Å². The molecule has 0 spiro atoms. The minimum absolute atomic E-state index is 0.143. The number of hydrogen-bond donors (Lipinski definition) is 0. The van der Waals surface area contributed by atoms with Gasteiger partial charge in [-0.1, -0.05) is 0 Å². The van der Waals surface area contributed by atoms with Crippen molar-refractivity contribution in [3.05, 3.63) is 18.0 Å². The van der Waals surface area contributed by atoms with Crippen LogP contribution >= 0.6 is 0 Å². The van der Waals surface area contributed by atoms with Gasteiger partial charge in [0.05, 0.1) is 26.5 Å². The van der Waals surface area contributed by atoms with Crippen LogP contribution in [0.4, 0.5) is 0 Å². The highest BCUT2D eigenvalue weighted by Crippen LogP contribution is 2.36. The van der Waals surface area contributed by atoms with Crippen molar-refractivity contribution in [1.29, 1.82) is 0 Å². The van der Waals surface area contributed by atoms with Gasteiger partial charge in [0.25, 0.3) is 0 Å². The summed E-state index contributed by atoms with van der Waals surface area (Å²) in [7, 11) is 2.85. The molecule has 0 aliphatic heterocycles. The molecule has 0 amide bonds. The number of carbonyl (C=O) groups excluding carboxylic acids is 1. The van der Waals surface area contributed by atoms with E-state index >= 15 is 0 Å². The van der Waals surface area contributed by atoms with Crippen molar-refractivity contribution < 1.29 is 19.0 Å². The van der Waals surface area contributed by atoms with Crippen molar-refractivity contribution in [3.8, 4) is 11.5 Å². The number of methoxy groups -OCH3 is 2. The maximum atomic E-state index is 11.4. The summed E-state index contributed by atoms with van der Waals surface area (Å²) in [6, 6.07) is 1.53. The van der Waals surface area contributed by atoms with Gasteiger partial charge in [-0.2, -0.15) is 0 Å². The molecule has 1 heterocycles. The highest BCUT2D eigenvalue weighted by Gasteiger charge is 2.30. The van der Waals surface area contributed by atoms with Crippen LogP contribution in [0.5, 0.6) is 11.5 Å². The van der Waals surface area contributed by atoms with E-state index in [-0.39, 0.29) is 11.8 Å². The van der Waals surface area contributed by atoms with E-state index in [4.69, 9.17) is 9.47 Å². The lowest BCUT2D eigenvalue weighted by molar-refractivity contribution is 0.0593. The van der Waals surface area contributed by atoms with E-state index in [1.807, 2.05) is 6.92 Å². The molecule has 2 rings (SSSR count). The van der Waals surface area contributed by atoms with Crippen LogP contribution in [0.25, 0.3) is 0 Å².